The summed E-state index contributed by atoms with van der Waals surface area (Å²) in [6, 6.07) is 7.24. The first-order valence-corrected chi connectivity index (χ1v) is 5.79. The fourth-order valence-electron chi connectivity index (χ4n) is 1.81. The number of aromatic nitrogens is 1. The van der Waals surface area contributed by atoms with E-state index in [2.05, 4.69) is 4.98 Å². The van der Waals surface area contributed by atoms with E-state index >= 15 is 0 Å². The highest BCUT2D eigenvalue weighted by atomic mass is 16.2. The van der Waals surface area contributed by atoms with Gasteiger partial charge in [0.25, 0.3) is 5.91 Å². The van der Waals surface area contributed by atoms with Gasteiger partial charge in [-0.15, -0.1) is 0 Å². The summed E-state index contributed by atoms with van der Waals surface area (Å²) in [6.45, 7) is 0.800. The van der Waals surface area contributed by atoms with E-state index < -0.39 is 0 Å². The third kappa shape index (κ3) is 2.41. The van der Waals surface area contributed by atoms with Crippen LogP contribution in [-0.2, 0) is 4.79 Å². The summed E-state index contributed by atoms with van der Waals surface area (Å²) in [7, 11) is 0. The first-order valence-electron chi connectivity index (χ1n) is 5.79. The van der Waals surface area contributed by atoms with E-state index in [1.165, 1.54) is 0 Å². The van der Waals surface area contributed by atoms with E-state index in [4.69, 9.17) is 5.73 Å². The number of benzene rings is 1. The number of aromatic amines is 1. The quantitative estimate of drug-likeness (QED) is 0.774. The molecule has 1 aromatic heterocycles. The van der Waals surface area contributed by atoms with Gasteiger partial charge in [0, 0.05) is 23.8 Å². The Kier molecular flexibility index (Phi) is 3.74. The van der Waals surface area contributed by atoms with Crippen molar-refractivity contribution in [3.05, 3.63) is 36.0 Å². The van der Waals surface area contributed by atoms with Gasteiger partial charge in [-0.2, -0.15) is 0 Å². The molecule has 0 bridgehead atoms. The van der Waals surface area contributed by atoms with Crippen LogP contribution in [0.2, 0.25) is 0 Å². The van der Waals surface area contributed by atoms with Crippen LogP contribution in [-0.4, -0.2) is 35.3 Å². The van der Waals surface area contributed by atoms with Gasteiger partial charge in [-0.25, -0.2) is 0 Å². The Labute approximate surface area is 105 Å². The third-order valence-electron chi connectivity index (χ3n) is 2.79. The number of nitrogens with two attached hydrogens (primary N) is 1. The summed E-state index contributed by atoms with van der Waals surface area (Å²) in [5.41, 5.74) is 6.75. The zero-order chi connectivity index (χ0) is 13.0. The van der Waals surface area contributed by atoms with E-state index in [1.807, 2.05) is 18.3 Å². The normalized spacial score (nSPS) is 10.5. The summed E-state index contributed by atoms with van der Waals surface area (Å²) >= 11 is 0. The molecule has 2 amide bonds. The highest BCUT2D eigenvalue weighted by Crippen LogP contribution is 2.15. The Morgan fingerprint density at radius 1 is 1.39 bits per heavy atom. The van der Waals surface area contributed by atoms with Crippen LogP contribution >= 0.6 is 0 Å². The Bertz CT molecular complexity index is 562. The molecule has 0 atom stereocenters. The predicted octanol–water partition coefficient (Wildman–Crippen LogP) is 1.12. The third-order valence-corrected chi connectivity index (χ3v) is 2.79. The van der Waals surface area contributed by atoms with Crippen molar-refractivity contribution < 1.29 is 9.59 Å². The molecule has 0 spiro atoms. The molecule has 18 heavy (non-hydrogen) atoms. The van der Waals surface area contributed by atoms with Crippen molar-refractivity contribution in [1.82, 2.24) is 9.88 Å². The van der Waals surface area contributed by atoms with Gasteiger partial charge in [0.15, 0.2) is 0 Å². The fourth-order valence-corrected chi connectivity index (χ4v) is 1.81. The molecule has 94 valence electrons. The molecule has 2 rings (SSSR count). The monoisotopic (exact) mass is 245 g/mol. The highest BCUT2D eigenvalue weighted by molar-refractivity contribution is 6.02. The van der Waals surface area contributed by atoms with E-state index in [-0.39, 0.29) is 5.91 Å². The predicted molar refractivity (Wildman–Crippen MR) is 69.1 cm³/mol. The molecule has 3 N–H and O–H groups in total. The van der Waals surface area contributed by atoms with Crippen LogP contribution < -0.4 is 5.73 Å². The number of hydrogen-bond donors (Lipinski definition) is 2. The van der Waals surface area contributed by atoms with Crippen LogP contribution in [0.25, 0.3) is 10.9 Å². The fraction of sp³-hybridized carbons (Fsp3) is 0.231. The van der Waals surface area contributed by atoms with Crippen LogP contribution in [0.4, 0.5) is 0 Å². The number of hydrogen-bond acceptors (Lipinski definition) is 3. The van der Waals surface area contributed by atoms with Crippen molar-refractivity contribution in [1.29, 1.82) is 0 Å². The molecule has 0 saturated heterocycles. The number of fused-ring (bicyclic) bond motifs is 1. The molecule has 0 aliphatic rings. The first kappa shape index (κ1) is 12.3. The van der Waals surface area contributed by atoms with Gasteiger partial charge < -0.3 is 10.7 Å². The lowest BCUT2D eigenvalue weighted by molar-refractivity contribution is -0.116. The Morgan fingerprint density at radius 2 is 2.22 bits per heavy atom. The van der Waals surface area contributed by atoms with Crippen LogP contribution in [0, 0.1) is 0 Å². The minimum absolute atomic E-state index is 0.296. The van der Waals surface area contributed by atoms with E-state index in [1.54, 1.807) is 12.1 Å². The smallest absolute Gasteiger partial charge is 0.260 e. The lowest BCUT2D eigenvalue weighted by Gasteiger charge is -2.14. The van der Waals surface area contributed by atoms with E-state index in [0.717, 1.165) is 15.8 Å². The van der Waals surface area contributed by atoms with Crippen molar-refractivity contribution >= 4 is 23.2 Å². The van der Waals surface area contributed by atoms with Crippen LogP contribution in [0.1, 0.15) is 16.8 Å². The van der Waals surface area contributed by atoms with Crippen molar-refractivity contribution in [2.45, 2.75) is 6.42 Å². The Hall–Kier alpha value is -2.14. The molecule has 0 aliphatic heterocycles. The molecule has 0 saturated carbocycles. The second-order valence-corrected chi connectivity index (χ2v) is 4.03. The number of imide groups is 1. The minimum Gasteiger partial charge on any atom is -0.361 e. The molecule has 0 unspecified atom stereocenters. The molecule has 1 aromatic carbocycles. The molecular formula is C13H15N3O2. The lowest BCUT2D eigenvalue weighted by atomic mass is 10.1. The maximum atomic E-state index is 12.1. The van der Waals surface area contributed by atoms with Gasteiger partial charge in [0.05, 0.1) is 0 Å². The van der Waals surface area contributed by atoms with E-state index in [0.29, 0.717) is 31.5 Å². The van der Waals surface area contributed by atoms with Gasteiger partial charge >= 0.3 is 0 Å². The zero-order valence-electron chi connectivity index (χ0n) is 9.93. The summed E-state index contributed by atoms with van der Waals surface area (Å²) in [5.74, 6) is -0.296. The topological polar surface area (TPSA) is 79.2 Å². The summed E-state index contributed by atoms with van der Waals surface area (Å²) in [5, 5.41) is 1.03. The second-order valence-electron chi connectivity index (χ2n) is 4.03. The van der Waals surface area contributed by atoms with Gasteiger partial charge in [0.2, 0.25) is 6.41 Å². The number of carbonyl (C=O) groups excluding carboxylic acids is 2. The standard InChI is InChI=1S/C13H15N3O2/c14-5-1-7-16(9-17)13(18)11-3-2-10-4-6-15-12(10)8-11/h2-4,6,8-9,15H,1,5,7,14H2. The van der Waals surface area contributed by atoms with Crippen molar-refractivity contribution in [3.8, 4) is 0 Å². The number of amides is 2. The van der Waals surface area contributed by atoms with Crippen LogP contribution in [0.3, 0.4) is 0 Å². The van der Waals surface area contributed by atoms with Crippen molar-refractivity contribution in [3.63, 3.8) is 0 Å². The number of H-pyrrole nitrogens is 1. The van der Waals surface area contributed by atoms with Crippen molar-refractivity contribution in [2.24, 2.45) is 5.73 Å². The molecule has 2 aromatic rings. The SMILES string of the molecule is NCCCN(C=O)C(=O)c1ccc2cc[nH]c2c1. The molecule has 5 heteroatoms. The molecular weight excluding hydrogens is 230 g/mol. The number of nitrogens with zero attached hydrogens (tertiary/aromatic N) is 1. The van der Waals surface area contributed by atoms with Crippen molar-refractivity contribution in [2.75, 3.05) is 13.1 Å². The maximum absolute atomic E-state index is 12.1. The number of nitrogens with one attached hydrogen (secondary N) is 1. The largest absolute Gasteiger partial charge is 0.361 e. The number of rotatable bonds is 5. The Balaban J connectivity index is 2.22. The average molecular weight is 245 g/mol. The van der Waals surface area contributed by atoms with Crippen LogP contribution in [0.15, 0.2) is 30.5 Å². The van der Waals surface area contributed by atoms with Gasteiger partial charge in [-0.1, -0.05) is 6.07 Å². The molecule has 5 nitrogen and oxygen atoms in total. The average Bonchev–Trinajstić information content (AvgIpc) is 2.86. The van der Waals surface area contributed by atoms with Gasteiger partial charge in [-0.3, -0.25) is 14.5 Å². The summed E-state index contributed by atoms with van der Waals surface area (Å²) < 4.78 is 0. The minimum atomic E-state index is -0.296. The second kappa shape index (κ2) is 5.46. The molecule has 1 heterocycles. The zero-order valence-corrected chi connectivity index (χ0v) is 9.93. The summed E-state index contributed by atoms with van der Waals surface area (Å²) in [4.78, 5) is 27.2. The maximum Gasteiger partial charge on any atom is 0.260 e. The van der Waals surface area contributed by atoms with Crippen LogP contribution in [0.5, 0.6) is 0 Å². The highest BCUT2D eigenvalue weighted by Gasteiger charge is 2.14. The summed E-state index contributed by atoms with van der Waals surface area (Å²) in [6.07, 6.45) is 2.97. The lowest BCUT2D eigenvalue weighted by Crippen LogP contribution is -2.31. The molecule has 0 aliphatic carbocycles. The van der Waals surface area contributed by atoms with Gasteiger partial charge in [-0.05, 0) is 36.6 Å². The van der Waals surface area contributed by atoms with Gasteiger partial charge in [0.1, 0.15) is 0 Å². The van der Waals surface area contributed by atoms with E-state index in [9.17, 15) is 9.59 Å². The molecule has 0 radical (unpaired) electrons. The Morgan fingerprint density at radius 3 is 2.94 bits per heavy atom. The number of carbonyl (C=O) groups is 2. The first-order chi connectivity index (χ1) is 8.76. The molecule has 0 fully saturated rings.